The fourth-order valence-electron chi connectivity index (χ4n) is 4.44. The largest absolute Gasteiger partial charge is 0.361 e. The number of pyridine rings is 1. The zero-order chi connectivity index (χ0) is 20.7. The van der Waals surface area contributed by atoms with Gasteiger partial charge in [0, 0.05) is 44.6 Å². The molecule has 0 radical (unpaired) electrons. The molecule has 0 spiro atoms. The van der Waals surface area contributed by atoms with Crippen LogP contribution in [0.1, 0.15) is 41.5 Å². The average Bonchev–Trinajstić information content (AvgIpc) is 3.26. The number of carbonyl (C=O) groups excluding carboxylic acids is 1. The van der Waals surface area contributed by atoms with Crippen LogP contribution >= 0.6 is 0 Å². The summed E-state index contributed by atoms with van der Waals surface area (Å²) < 4.78 is 2.10. The number of piperidine rings is 1. The maximum Gasteiger partial charge on any atom is 0.273 e. The third-order valence-corrected chi connectivity index (χ3v) is 5.92. The van der Waals surface area contributed by atoms with Gasteiger partial charge in [0.15, 0.2) is 5.82 Å². The summed E-state index contributed by atoms with van der Waals surface area (Å²) in [6, 6.07) is 13.9. The van der Waals surface area contributed by atoms with Crippen molar-refractivity contribution in [2.24, 2.45) is 0 Å². The Labute approximate surface area is 175 Å². The fourth-order valence-corrected chi connectivity index (χ4v) is 4.44. The maximum atomic E-state index is 13.6. The normalized spacial score (nSPS) is 16.9. The highest BCUT2D eigenvalue weighted by Crippen LogP contribution is 2.33. The molecular formula is C24H25N5O. The summed E-state index contributed by atoms with van der Waals surface area (Å²) in [7, 11) is 4.01. The van der Waals surface area contributed by atoms with Gasteiger partial charge in [0.1, 0.15) is 5.69 Å². The Hall–Kier alpha value is -3.41. The van der Waals surface area contributed by atoms with Crippen molar-refractivity contribution in [2.45, 2.75) is 25.3 Å². The number of likely N-dealkylation sites (tertiary alicyclic amines) is 1. The number of amides is 1. The minimum absolute atomic E-state index is 0.0164. The fraction of sp³-hybridized carbons (Fsp3) is 0.292. The zero-order valence-corrected chi connectivity index (χ0v) is 17.3. The second kappa shape index (κ2) is 7.44. The molecule has 1 saturated heterocycles. The monoisotopic (exact) mass is 399 g/mol. The van der Waals surface area contributed by atoms with E-state index in [0.29, 0.717) is 5.69 Å². The summed E-state index contributed by atoms with van der Waals surface area (Å²) in [5.41, 5.74) is 2.51. The molecule has 4 heterocycles. The van der Waals surface area contributed by atoms with Gasteiger partial charge in [-0.25, -0.2) is 4.98 Å². The number of aromatic nitrogens is 3. The molecular weight excluding hydrogens is 374 g/mol. The SMILES string of the molecule is CN(C)c1nc(C2CCCCN2C(=O)c2nccc3ccccc23)cn2cccc12. The topological polar surface area (TPSA) is 53.7 Å². The minimum Gasteiger partial charge on any atom is -0.361 e. The van der Waals surface area contributed by atoms with Crippen LogP contribution in [0.15, 0.2) is 61.1 Å². The van der Waals surface area contributed by atoms with Gasteiger partial charge in [0.25, 0.3) is 5.91 Å². The first kappa shape index (κ1) is 18.6. The molecule has 3 aromatic heterocycles. The summed E-state index contributed by atoms with van der Waals surface area (Å²) in [5, 5.41) is 1.93. The number of benzene rings is 1. The van der Waals surface area contributed by atoms with Crippen molar-refractivity contribution in [3.63, 3.8) is 0 Å². The van der Waals surface area contributed by atoms with Crippen LogP contribution in [-0.2, 0) is 0 Å². The Bertz CT molecular complexity index is 1220. The molecule has 0 aliphatic carbocycles. The molecule has 0 N–H and O–H groups in total. The molecule has 1 aromatic carbocycles. The third kappa shape index (κ3) is 3.09. The van der Waals surface area contributed by atoms with E-state index < -0.39 is 0 Å². The molecule has 0 saturated carbocycles. The molecule has 1 amide bonds. The van der Waals surface area contributed by atoms with Crippen LogP contribution in [0.3, 0.4) is 0 Å². The summed E-state index contributed by atoms with van der Waals surface area (Å²) >= 11 is 0. The van der Waals surface area contributed by atoms with E-state index in [-0.39, 0.29) is 11.9 Å². The van der Waals surface area contributed by atoms with Crippen LogP contribution in [-0.4, -0.2) is 45.8 Å². The smallest absolute Gasteiger partial charge is 0.273 e. The number of rotatable bonds is 3. The zero-order valence-electron chi connectivity index (χ0n) is 17.3. The van der Waals surface area contributed by atoms with Crippen molar-refractivity contribution < 1.29 is 4.79 Å². The Morgan fingerprint density at radius 1 is 1.10 bits per heavy atom. The van der Waals surface area contributed by atoms with Crippen LogP contribution in [0.2, 0.25) is 0 Å². The molecule has 4 aromatic rings. The van der Waals surface area contributed by atoms with E-state index >= 15 is 0 Å². The molecule has 0 bridgehead atoms. The number of carbonyl (C=O) groups is 1. The minimum atomic E-state index is -0.0579. The lowest BCUT2D eigenvalue weighted by Gasteiger charge is -2.35. The predicted molar refractivity (Wildman–Crippen MR) is 119 cm³/mol. The van der Waals surface area contributed by atoms with Crippen molar-refractivity contribution in [3.8, 4) is 0 Å². The van der Waals surface area contributed by atoms with Crippen LogP contribution in [0, 0.1) is 0 Å². The van der Waals surface area contributed by atoms with Crippen LogP contribution in [0.5, 0.6) is 0 Å². The number of hydrogen-bond donors (Lipinski definition) is 0. The average molecular weight is 399 g/mol. The molecule has 1 aliphatic rings. The maximum absolute atomic E-state index is 13.6. The Morgan fingerprint density at radius 3 is 2.83 bits per heavy atom. The summed E-state index contributed by atoms with van der Waals surface area (Å²) in [6.07, 6.45) is 8.81. The summed E-state index contributed by atoms with van der Waals surface area (Å²) in [6.45, 7) is 0.719. The molecule has 6 nitrogen and oxygen atoms in total. The van der Waals surface area contributed by atoms with Gasteiger partial charge in [-0.15, -0.1) is 0 Å². The third-order valence-electron chi connectivity index (χ3n) is 5.92. The summed E-state index contributed by atoms with van der Waals surface area (Å²) in [4.78, 5) is 27.1. The standard InChI is InChI=1S/C24H25N5O/c1-27(2)23-21-11-7-14-28(21)16-19(26-23)20-10-5-6-15-29(20)24(30)22-18-9-4-3-8-17(18)12-13-25-22/h3-4,7-9,11-14,16,20H,5-6,10,15H2,1-2H3. The van der Waals surface area contributed by atoms with Crippen molar-refractivity contribution >= 4 is 28.0 Å². The van der Waals surface area contributed by atoms with Gasteiger partial charge in [-0.2, -0.15) is 0 Å². The number of fused-ring (bicyclic) bond motifs is 2. The molecule has 1 unspecified atom stereocenters. The highest BCUT2D eigenvalue weighted by Gasteiger charge is 2.32. The van der Waals surface area contributed by atoms with Gasteiger partial charge in [0.2, 0.25) is 0 Å². The first-order chi connectivity index (χ1) is 14.6. The Kier molecular flexibility index (Phi) is 4.62. The van der Waals surface area contributed by atoms with Gasteiger partial charge in [-0.05, 0) is 42.8 Å². The van der Waals surface area contributed by atoms with Crippen molar-refractivity contribution in [1.82, 2.24) is 19.3 Å². The first-order valence-electron chi connectivity index (χ1n) is 10.4. The van der Waals surface area contributed by atoms with Gasteiger partial charge in [-0.1, -0.05) is 24.3 Å². The lowest BCUT2D eigenvalue weighted by atomic mass is 9.98. The lowest BCUT2D eigenvalue weighted by Crippen LogP contribution is -2.39. The molecule has 6 heteroatoms. The first-order valence-corrected chi connectivity index (χ1v) is 10.4. The van der Waals surface area contributed by atoms with Crippen molar-refractivity contribution in [1.29, 1.82) is 0 Å². The molecule has 1 atom stereocenters. The Balaban J connectivity index is 1.58. The predicted octanol–water partition coefficient (Wildman–Crippen LogP) is 4.32. The van der Waals surface area contributed by atoms with Gasteiger partial charge < -0.3 is 14.2 Å². The molecule has 1 aliphatic heterocycles. The van der Waals surface area contributed by atoms with Gasteiger partial charge in [-0.3, -0.25) is 9.78 Å². The molecule has 1 fully saturated rings. The number of anilines is 1. The molecule has 30 heavy (non-hydrogen) atoms. The van der Waals surface area contributed by atoms with Crippen molar-refractivity contribution in [2.75, 3.05) is 25.5 Å². The van der Waals surface area contributed by atoms with Gasteiger partial charge >= 0.3 is 0 Å². The van der Waals surface area contributed by atoms with Crippen molar-refractivity contribution in [3.05, 3.63) is 72.4 Å². The van der Waals surface area contributed by atoms with Crippen LogP contribution in [0.25, 0.3) is 16.3 Å². The quantitative estimate of drug-likeness (QED) is 0.515. The Morgan fingerprint density at radius 2 is 1.97 bits per heavy atom. The number of hydrogen-bond acceptors (Lipinski definition) is 4. The van der Waals surface area contributed by atoms with Crippen LogP contribution < -0.4 is 4.90 Å². The second-order valence-electron chi connectivity index (χ2n) is 8.08. The van der Waals surface area contributed by atoms with E-state index in [0.717, 1.165) is 53.6 Å². The van der Waals surface area contributed by atoms with E-state index in [1.165, 1.54) is 0 Å². The van der Waals surface area contributed by atoms with E-state index in [4.69, 9.17) is 4.98 Å². The van der Waals surface area contributed by atoms with E-state index in [2.05, 4.69) is 21.6 Å². The summed E-state index contributed by atoms with van der Waals surface area (Å²) in [5.74, 6) is 0.899. The number of nitrogens with zero attached hydrogens (tertiary/aromatic N) is 5. The van der Waals surface area contributed by atoms with Gasteiger partial charge in [0.05, 0.1) is 17.3 Å². The molecule has 152 valence electrons. The highest BCUT2D eigenvalue weighted by molar-refractivity contribution is 6.05. The second-order valence-corrected chi connectivity index (χ2v) is 8.08. The van der Waals surface area contributed by atoms with Crippen LogP contribution in [0.4, 0.5) is 5.82 Å². The highest BCUT2D eigenvalue weighted by atomic mass is 16.2. The van der Waals surface area contributed by atoms with E-state index in [9.17, 15) is 4.79 Å². The van der Waals surface area contributed by atoms with E-state index in [1.807, 2.05) is 66.5 Å². The molecule has 5 rings (SSSR count). The lowest BCUT2D eigenvalue weighted by molar-refractivity contribution is 0.0602. The van der Waals surface area contributed by atoms with E-state index in [1.54, 1.807) is 6.20 Å².